The molecule has 0 aromatic carbocycles. The fourth-order valence-electron chi connectivity index (χ4n) is 1.05. The first-order valence-corrected chi connectivity index (χ1v) is 4.53. The molecule has 0 saturated carbocycles. The van der Waals surface area contributed by atoms with Gasteiger partial charge in [0.25, 0.3) is 0 Å². The van der Waals surface area contributed by atoms with E-state index in [1.807, 2.05) is 23.7 Å². The molecule has 0 saturated heterocycles. The van der Waals surface area contributed by atoms with Crippen LogP contribution >= 0.6 is 15.9 Å². The predicted octanol–water partition coefficient (Wildman–Crippen LogP) is 1.64. The number of pyridine rings is 1. The molecule has 13 heavy (non-hydrogen) atoms. The number of aromatic nitrogens is 4. The molecule has 0 amide bonds. The number of hydrogen-bond acceptors (Lipinski definition) is 3. The lowest BCUT2D eigenvalue weighted by atomic mass is 10.3. The molecule has 0 N–H and O–H groups in total. The van der Waals surface area contributed by atoms with Crippen LogP contribution in [-0.4, -0.2) is 19.7 Å². The second-order valence-electron chi connectivity index (χ2n) is 2.60. The zero-order chi connectivity index (χ0) is 9.26. The SMILES string of the molecule is Cn1cnnc1-c1ncccc1Br. The van der Waals surface area contributed by atoms with Gasteiger partial charge in [-0.2, -0.15) is 0 Å². The van der Waals surface area contributed by atoms with Gasteiger partial charge >= 0.3 is 0 Å². The molecule has 0 aliphatic rings. The average molecular weight is 239 g/mol. The van der Waals surface area contributed by atoms with Crippen LogP contribution in [0.15, 0.2) is 29.1 Å². The van der Waals surface area contributed by atoms with Gasteiger partial charge in [-0.15, -0.1) is 10.2 Å². The van der Waals surface area contributed by atoms with Crippen molar-refractivity contribution in [2.75, 3.05) is 0 Å². The Bertz CT molecular complexity index is 424. The second-order valence-corrected chi connectivity index (χ2v) is 3.45. The predicted molar refractivity (Wildman–Crippen MR) is 51.9 cm³/mol. The van der Waals surface area contributed by atoms with Crippen molar-refractivity contribution in [3.05, 3.63) is 29.1 Å². The number of rotatable bonds is 1. The van der Waals surface area contributed by atoms with Gasteiger partial charge in [0.1, 0.15) is 12.0 Å². The van der Waals surface area contributed by atoms with E-state index < -0.39 is 0 Å². The minimum Gasteiger partial charge on any atom is -0.315 e. The maximum Gasteiger partial charge on any atom is 0.183 e. The molecule has 0 radical (unpaired) electrons. The van der Waals surface area contributed by atoms with Crippen LogP contribution in [0.3, 0.4) is 0 Å². The highest BCUT2D eigenvalue weighted by atomic mass is 79.9. The Morgan fingerprint density at radius 3 is 2.92 bits per heavy atom. The molecule has 66 valence electrons. The molecule has 0 aliphatic carbocycles. The molecule has 2 heterocycles. The Kier molecular flexibility index (Phi) is 2.10. The summed E-state index contributed by atoms with van der Waals surface area (Å²) < 4.78 is 2.75. The summed E-state index contributed by atoms with van der Waals surface area (Å²) in [6.07, 6.45) is 3.38. The highest BCUT2D eigenvalue weighted by Crippen LogP contribution is 2.22. The highest BCUT2D eigenvalue weighted by molar-refractivity contribution is 9.10. The molecule has 0 bridgehead atoms. The molecule has 0 spiro atoms. The van der Waals surface area contributed by atoms with Crippen LogP contribution in [0.2, 0.25) is 0 Å². The zero-order valence-corrected chi connectivity index (χ0v) is 8.56. The van der Waals surface area contributed by atoms with Crippen molar-refractivity contribution in [3.8, 4) is 11.5 Å². The third-order valence-electron chi connectivity index (χ3n) is 1.68. The van der Waals surface area contributed by atoms with Crippen LogP contribution < -0.4 is 0 Å². The van der Waals surface area contributed by atoms with Crippen molar-refractivity contribution < 1.29 is 0 Å². The van der Waals surface area contributed by atoms with Crippen LogP contribution in [0, 0.1) is 0 Å². The first-order valence-electron chi connectivity index (χ1n) is 3.74. The van der Waals surface area contributed by atoms with Crippen LogP contribution in [-0.2, 0) is 7.05 Å². The molecule has 0 unspecified atom stereocenters. The average Bonchev–Trinajstić information content (AvgIpc) is 2.52. The van der Waals surface area contributed by atoms with Crippen molar-refractivity contribution in [3.63, 3.8) is 0 Å². The summed E-state index contributed by atoms with van der Waals surface area (Å²) in [5.41, 5.74) is 0.808. The van der Waals surface area contributed by atoms with E-state index in [-0.39, 0.29) is 0 Å². The van der Waals surface area contributed by atoms with Gasteiger partial charge in [-0.3, -0.25) is 4.98 Å². The highest BCUT2D eigenvalue weighted by Gasteiger charge is 2.08. The van der Waals surface area contributed by atoms with E-state index in [1.54, 1.807) is 12.5 Å². The van der Waals surface area contributed by atoms with E-state index in [9.17, 15) is 0 Å². The van der Waals surface area contributed by atoms with Crippen molar-refractivity contribution in [1.82, 2.24) is 19.7 Å². The van der Waals surface area contributed by atoms with E-state index in [0.29, 0.717) is 0 Å². The molecule has 0 atom stereocenters. The van der Waals surface area contributed by atoms with Gasteiger partial charge in [0, 0.05) is 17.7 Å². The molecule has 0 fully saturated rings. The summed E-state index contributed by atoms with van der Waals surface area (Å²) in [7, 11) is 1.89. The monoisotopic (exact) mass is 238 g/mol. The lowest BCUT2D eigenvalue weighted by Crippen LogP contribution is -1.94. The van der Waals surface area contributed by atoms with Crippen LogP contribution in [0.5, 0.6) is 0 Å². The van der Waals surface area contributed by atoms with Gasteiger partial charge in [0.15, 0.2) is 5.82 Å². The lowest BCUT2D eigenvalue weighted by Gasteiger charge is -2.00. The lowest BCUT2D eigenvalue weighted by molar-refractivity contribution is 0.913. The van der Waals surface area contributed by atoms with Gasteiger partial charge in [-0.1, -0.05) is 0 Å². The summed E-state index contributed by atoms with van der Waals surface area (Å²) in [6, 6.07) is 3.79. The normalized spacial score (nSPS) is 10.3. The first-order chi connectivity index (χ1) is 6.29. The van der Waals surface area contributed by atoms with E-state index in [4.69, 9.17) is 0 Å². The van der Waals surface area contributed by atoms with E-state index in [0.717, 1.165) is 16.0 Å². The summed E-state index contributed by atoms with van der Waals surface area (Å²) in [4.78, 5) is 4.21. The van der Waals surface area contributed by atoms with Gasteiger partial charge in [-0.25, -0.2) is 0 Å². The molecule has 2 aromatic heterocycles. The summed E-state index contributed by atoms with van der Waals surface area (Å²) in [5.74, 6) is 0.757. The van der Waals surface area contributed by atoms with Gasteiger partial charge in [0.05, 0.1) is 0 Å². The molecular formula is C8H7BrN4. The van der Waals surface area contributed by atoms with E-state index in [2.05, 4.69) is 31.1 Å². The van der Waals surface area contributed by atoms with Crippen molar-refractivity contribution in [1.29, 1.82) is 0 Å². The maximum atomic E-state index is 4.21. The van der Waals surface area contributed by atoms with Crippen LogP contribution in [0.1, 0.15) is 0 Å². The Balaban J connectivity index is 2.59. The topological polar surface area (TPSA) is 43.6 Å². The van der Waals surface area contributed by atoms with Gasteiger partial charge < -0.3 is 4.57 Å². The Morgan fingerprint density at radius 2 is 2.31 bits per heavy atom. The summed E-state index contributed by atoms with van der Waals surface area (Å²) >= 11 is 3.41. The minimum atomic E-state index is 0.757. The quantitative estimate of drug-likeness (QED) is 0.759. The number of nitrogens with zero attached hydrogens (tertiary/aromatic N) is 4. The number of hydrogen-bond donors (Lipinski definition) is 0. The minimum absolute atomic E-state index is 0.757. The second kappa shape index (κ2) is 3.26. The third-order valence-corrected chi connectivity index (χ3v) is 2.32. The summed E-state index contributed by atoms with van der Waals surface area (Å²) in [6.45, 7) is 0. The van der Waals surface area contributed by atoms with E-state index >= 15 is 0 Å². The van der Waals surface area contributed by atoms with Crippen molar-refractivity contribution in [2.24, 2.45) is 7.05 Å². The van der Waals surface area contributed by atoms with Gasteiger partial charge in [-0.05, 0) is 28.1 Å². The van der Waals surface area contributed by atoms with Crippen LogP contribution in [0.25, 0.3) is 11.5 Å². The molecule has 4 nitrogen and oxygen atoms in total. The number of halogens is 1. The standard InChI is InChI=1S/C8H7BrN4/c1-13-5-11-12-8(13)7-6(9)3-2-4-10-7/h2-5H,1H3. The maximum absolute atomic E-state index is 4.21. The Labute approximate surface area is 83.8 Å². The summed E-state index contributed by atoms with van der Waals surface area (Å²) in [5, 5.41) is 7.76. The third kappa shape index (κ3) is 1.47. The number of aryl methyl sites for hydroxylation is 1. The molecule has 2 aromatic rings. The van der Waals surface area contributed by atoms with Gasteiger partial charge in [0.2, 0.25) is 0 Å². The van der Waals surface area contributed by atoms with Crippen molar-refractivity contribution >= 4 is 15.9 Å². The van der Waals surface area contributed by atoms with Crippen LogP contribution in [0.4, 0.5) is 0 Å². The smallest absolute Gasteiger partial charge is 0.183 e. The molecule has 2 rings (SSSR count). The molecule has 5 heteroatoms. The van der Waals surface area contributed by atoms with E-state index in [1.165, 1.54) is 0 Å². The zero-order valence-electron chi connectivity index (χ0n) is 6.98. The van der Waals surface area contributed by atoms with Crippen molar-refractivity contribution in [2.45, 2.75) is 0 Å². The molecular weight excluding hydrogens is 232 g/mol. The Hall–Kier alpha value is -1.23. The fourth-order valence-corrected chi connectivity index (χ4v) is 1.48. The fraction of sp³-hybridized carbons (Fsp3) is 0.125. The Morgan fingerprint density at radius 1 is 1.46 bits per heavy atom. The molecule has 0 aliphatic heterocycles. The first kappa shape index (κ1) is 8.37. The largest absolute Gasteiger partial charge is 0.315 e.